The first-order valence-corrected chi connectivity index (χ1v) is 6.37. The van der Waals surface area contributed by atoms with Gasteiger partial charge in [-0.25, -0.2) is 0 Å². The summed E-state index contributed by atoms with van der Waals surface area (Å²) < 4.78 is 5.28. The van der Waals surface area contributed by atoms with E-state index in [0.29, 0.717) is 6.04 Å². The third-order valence-corrected chi connectivity index (χ3v) is 3.99. The topological polar surface area (TPSA) is 44.8 Å². The standard InChI is InChI=1S/C12H23N3O2/c1-9-8-15(5-4-14(9)2)12(16)11-6-10(17-3)7-13-11/h9-11,13H,4-8H2,1-3H3. The Morgan fingerprint density at radius 3 is 2.76 bits per heavy atom. The molecule has 1 amide bonds. The Morgan fingerprint density at radius 1 is 1.41 bits per heavy atom. The van der Waals surface area contributed by atoms with E-state index in [-0.39, 0.29) is 18.1 Å². The van der Waals surface area contributed by atoms with E-state index in [4.69, 9.17) is 4.74 Å². The summed E-state index contributed by atoms with van der Waals surface area (Å²) in [6.07, 6.45) is 0.990. The van der Waals surface area contributed by atoms with Crippen molar-refractivity contribution in [2.24, 2.45) is 0 Å². The van der Waals surface area contributed by atoms with E-state index in [0.717, 1.165) is 32.6 Å². The molecule has 17 heavy (non-hydrogen) atoms. The molecule has 2 fully saturated rings. The number of piperazine rings is 1. The molecule has 0 aromatic rings. The monoisotopic (exact) mass is 241 g/mol. The van der Waals surface area contributed by atoms with Crippen molar-refractivity contribution in [1.29, 1.82) is 0 Å². The molecule has 2 saturated heterocycles. The third kappa shape index (κ3) is 2.78. The van der Waals surface area contributed by atoms with Crippen molar-refractivity contribution >= 4 is 5.91 Å². The van der Waals surface area contributed by atoms with E-state index in [9.17, 15) is 4.79 Å². The molecule has 3 unspecified atom stereocenters. The Bertz CT molecular complexity index is 285. The highest BCUT2D eigenvalue weighted by molar-refractivity contribution is 5.82. The number of amides is 1. The lowest BCUT2D eigenvalue weighted by atomic mass is 10.1. The van der Waals surface area contributed by atoms with Gasteiger partial charge in [-0.2, -0.15) is 0 Å². The molecule has 0 aromatic heterocycles. The molecule has 5 heteroatoms. The number of rotatable bonds is 2. The van der Waals surface area contributed by atoms with Gasteiger partial charge in [0.05, 0.1) is 12.1 Å². The second-order valence-electron chi connectivity index (χ2n) is 5.17. The molecule has 2 aliphatic rings. The van der Waals surface area contributed by atoms with Crippen LogP contribution in [0.1, 0.15) is 13.3 Å². The van der Waals surface area contributed by atoms with E-state index in [1.807, 2.05) is 4.90 Å². The van der Waals surface area contributed by atoms with Gasteiger partial charge in [-0.3, -0.25) is 4.79 Å². The van der Waals surface area contributed by atoms with Crippen LogP contribution < -0.4 is 5.32 Å². The van der Waals surface area contributed by atoms with Crippen molar-refractivity contribution in [2.75, 3.05) is 40.3 Å². The summed E-state index contributed by atoms with van der Waals surface area (Å²) in [5, 5.41) is 3.25. The largest absolute Gasteiger partial charge is 0.380 e. The fourth-order valence-corrected chi connectivity index (χ4v) is 2.54. The number of carbonyl (C=O) groups is 1. The second kappa shape index (κ2) is 5.33. The molecule has 0 spiro atoms. The molecule has 2 aliphatic heterocycles. The average Bonchev–Trinajstić information content (AvgIpc) is 2.80. The third-order valence-electron chi connectivity index (χ3n) is 3.99. The summed E-state index contributed by atoms with van der Waals surface area (Å²) in [7, 11) is 3.82. The van der Waals surface area contributed by atoms with Crippen molar-refractivity contribution < 1.29 is 9.53 Å². The van der Waals surface area contributed by atoms with Gasteiger partial charge >= 0.3 is 0 Å². The highest BCUT2D eigenvalue weighted by Gasteiger charge is 2.34. The van der Waals surface area contributed by atoms with Crippen molar-refractivity contribution in [3.8, 4) is 0 Å². The Hall–Kier alpha value is -0.650. The first-order chi connectivity index (χ1) is 8.11. The normalized spacial score (nSPS) is 35.2. The molecule has 0 saturated carbocycles. The van der Waals surface area contributed by atoms with Crippen molar-refractivity contribution in [3.05, 3.63) is 0 Å². The van der Waals surface area contributed by atoms with Gasteiger partial charge in [0.2, 0.25) is 5.91 Å². The fourth-order valence-electron chi connectivity index (χ4n) is 2.54. The first-order valence-electron chi connectivity index (χ1n) is 6.37. The van der Waals surface area contributed by atoms with Gasteiger partial charge in [-0.05, 0) is 20.4 Å². The lowest BCUT2D eigenvalue weighted by Crippen LogP contribution is -2.55. The van der Waals surface area contributed by atoms with Gasteiger partial charge in [0.15, 0.2) is 0 Å². The molecule has 98 valence electrons. The van der Waals surface area contributed by atoms with Gasteiger partial charge < -0.3 is 19.9 Å². The van der Waals surface area contributed by atoms with Gasteiger partial charge in [0, 0.05) is 39.3 Å². The average molecular weight is 241 g/mol. The quantitative estimate of drug-likeness (QED) is 0.710. The summed E-state index contributed by atoms with van der Waals surface area (Å²) in [5.41, 5.74) is 0. The zero-order valence-corrected chi connectivity index (χ0v) is 11.0. The lowest BCUT2D eigenvalue weighted by Gasteiger charge is -2.38. The SMILES string of the molecule is COC1CNC(C(=O)N2CCN(C)C(C)C2)C1. The maximum Gasteiger partial charge on any atom is 0.239 e. The predicted molar refractivity (Wildman–Crippen MR) is 65.9 cm³/mol. The minimum absolute atomic E-state index is 0.0458. The molecule has 3 atom stereocenters. The van der Waals surface area contributed by atoms with Crippen LogP contribution in [0.4, 0.5) is 0 Å². The zero-order chi connectivity index (χ0) is 12.4. The zero-order valence-electron chi connectivity index (χ0n) is 11.0. The fraction of sp³-hybridized carbons (Fsp3) is 0.917. The minimum Gasteiger partial charge on any atom is -0.380 e. The smallest absolute Gasteiger partial charge is 0.239 e. The molecule has 1 N–H and O–H groups in total. The van der Waals surface area contributed by atoms with Crippen LogP contribution in [-0.2, 0) is 9.53 Å². The summed E-state index contributed by atoms with van der Waals surface area (Å²) in [6.45, 7) is 5.60. The molecule has 2 heterocycles. The van der Waals surface area contributed by atoms with E-state index >= 15 is 0 Å². The summed E-state index contributed by atoms with van der Waals surface area (Å²) in [4.78, 5) is 16.6. The van der Waals surface area contributed by atoms with E-state index in [2.05, 4.69) is 24.2 Å². The number of hydrogen-bond acceptors (Lipinski definition) is 4. The van der Waals surface area contributed by atoms with Crippen molar-refractivity contribution in [2.45, 2.75) is 31.5 Å². The van der Waals surface area contributed by atoms with Gasteiger partial charge in [0.25, 0.3) is 0 Å². The number of hydrogen-bond donors (Lipinski definition) is 1. The first kappa shape index (κ1) is 12.8. The van der Waals surface area contributed by atoms with Crippen LogP contribution in [0.2, 0.25) is 0 Å². The van der Waals surface area contributed by atoms with Crippen molar-refractivity contribution in [3.63, 3.8) is 0 Å². The maximum atomic E-state index is 12.3. The van der Waals surface area contributed by atoms with Crippen LogP contribution in [0.15, 0.2) is 0 Å². The summed E-state index contributed by atoms with van der Waals surface area (Å²) in [5.74, 6) is 0.240. The highest BCUT2D eigenvalue weighted by atomic mass is 16.5. The van der Waals surface area contributed by atoms with Crippen LogP contribution in [0.3, 0.4) is 0 Å². The number of likely N-dealkylation sites (N-methyl/N-ethyl adjacent to an activating group) is 1. The summed E-state index contributed by atoms with van der Waals surface area (Å²) in [6, 6.07) is 0.405. The van der Waals surface area contributed by atoms with Crippen molar-refractivity contribution in [1.82, 2.24) is 15.1 Å². The van der Waals surface area contributed by atoms with Crippen LogP contribution in [-0.4, -0.2) is 74.2 Å². The van der Waals surface area contributed by atoms with Crippen LogP contribution in [0, 0.1) is 0 Å². The van der Waals surface area contributed by atoms with Crippen LogP contribution in [0.25, 0.3) is 0 Å². The van der Waals surface area contributed by atoms with Gasteiger partial charge in [-0.1, -0.05) is 0 Å². The minimum atomic E-state index is -0.0458. The number of carbonyl (C=O) groups excluding carboxylic acids is 1. The Kier molecular flexibility index (Phi) is 4.01. The molecule has 5 nitrogen and oxygen atoms in total. The number of nitrogens with zero attached hydrogens (tertiary/aromatic N) is 2. The molecule has 0 aromatic carbocycles. The number of nitrogens with one attached hydrogen (secondary N) is 1. The molecule has 2 rings (SSSR count). The van der Waals surface area contributed by atoms with Gasteiger partial charge in [-0.15, -0.1) is 0 Å². The van der Waals surface area contributed by atoms with Gasteiger partial charge in [0.1, 0.15) is 0 Å². The lowest BCUT2D eigenvalue weighted by molar-refractivity contribution is -0.135. The maximum absolute atomic E-state index is 12.3. The molecule has 0 radical (unpaired) electrons. The Morgan fingerprint density at radius 2 is 2.18 bits per heavy atom. The van der Waals surface area contributed by atoms with E-state index in [1.165, 1.54) is 0 Å². The van der Waals surface area contributed by atoms with E-state index < -0.39 is 0 Å². The van der Waals surface area contributed by atoms with Crippen LogP contribution in [0.5, 0.6) is 0 Å². The van der Waals surface area contributed by atoms with Crippen LogP contribution >= 0.6 is 0 Å². The summed E-state index contributed by atoms with van der Waals surface area (Å²) >= 11 is 0. The number of ether oxygens (including phenoxy) is 1. The molecule has 0 aliphatic carbocycles. The molecular formula is C12H23N3O2. The highest BCUT2D eigenvalue weighted by Crippen LogP contribution is 2.15. The van der Waals surface area contributed by atoms with E-state index in [1.54, 1.807) is 7.11 Å². The number of methoxy groups -OCH3 is 1. The molecular weight excluding hydrogens is 218 g/mol. The Labute approximate surface area is 103 Å². The second-order valence-corrected chi connectivity index (χ2v) is 5.17. The molecule has 0 bridgehead atoms. The Balaban J connectivity index is 1.88. The predicted octanol–water partition coefficient (Wildman–Crippen LogP) is -0.474.